The van der Waals surface area contributed by atoms with Crippen molar-refractivity contribution in [2.75, 3.05) is 0 Å². The van der Waals surface area contributed by atoms with Crippen molar-refractivity contribution in [3.63, 3.8) is 0 Å². The van der Waals surface area contributed by atoms with Crippen molar-refractivity contribution in [2.45, 2.75) is 13.5 Å². The first kappa shape index (κ1) is 9.66. The van der Waals surface area contributed by atoms with Gasteiger partial charge in [-0.05, 0) is 6.92 Å². The molecular formula is C7H8N2O3S. The molecule has 0 saturated heterocycles. The molecule has 6 heteroatoms. The van der Waals surface area contributed by atoms with Crippen LogP contribution >= 0.6 is 11.3 Å². The molecule has 0 saturated carbocycles. The number of carboxylic acid groups (broad SMARTS) is 1. The molecule has 0 spiro atoms. The van der Waals surface area contributed by atoms with Crippen LogP contribution < -0.4 is 5.32 Å². The van der Waals surface area contributed by atoms with Crippen LogP contribution in [0.4, 0.5) is 0 Å². The quantitative estimate of drug-likeness (QED) is 0.666. The van der Waals surface area contributed by atoms with E-state index in [-0.39, 0.29) is 6.54 Å². The summed E-state index contributed by atoms with van der Waals surface area (Å²) in [6, 6.07) is 0. The number of aliphatic carboxylic acids is 1. The molecule has 5 nitrogen and oxygen atoms in total. The van der Waals surface area contributed by atoms with Crippen LogP contribution in [0.25, 0.3) is 0 Å². The lowest BCUT2D eigenvalue weighted by molar-refractivity contribution is -0.150. The van der Waals surface area contributed by atoms with Gasteiger partial charge in [-0.15, -0.1) is 11.3 Å². The first-order valence-electron chi connectivity index (χ1n) is 3.52. The van der Waals surface area contributed by atoms with Crippen molar-refractivity contribution in [2.24, 2.45) is 0 Å². The van der Waals surface area contributed by atoms with Crippen molar-refractivity contribution in [3.05, 3.63) is 16.1 Å². The number of amides is 1. The van der Waals surface area contributed by atoms with Crippen molar-refractivity contribution in [1.82, 2.24) is 10.3 Å². The normalized spacial score (nSPS) is 9.62. The average molecular weight is 200 g/mol. The summed E-state index contributed by atoms with van der Waals surface area (Å²) in [4.78, 5) is 25.5. The molecule has 0 aliphatic carbocycles. The standard InChI is InChI=1S/C7H8N2O3S/c1-4-8-2-5(13-4)3-9-6(10)7(11)12/h2H,3H2,1H3,(H,9,10)(H,11,12). The Morgan fingerprint density at radius 1 is 1.69 bits per heavy atom. The van der Waals surface area contributed by atoms with Crippen LogP contribution in [0.1, 0.15) is 9.88 Å². The Balaban J connectivity index is 2.44. The van der Waals surface area contributed by atoms with E-state index in [1.165, 1.54) is 11.3 Å². The molecule has 1 aromatic heterocycles. The lowest BCUT2D eigenvalue weighted by atomic mass is 10.5. The number of aromatic nitrogens is 1. The van der Waals surface area contributed by atoms with Crippen molar-refractivity contribution in [1.29, 1.82) is 0 Å². The van der Waals surface area contributed by atoms with E-state index in [4.69, 9.17) is 5.11 Å². The number of nitrogens with one attached hydrogen (secondary N) is 1. The van der Waals surface area contributed by atoms with E-state index in [0.29, 0.717) is 0 Å². The summed E-state index contributed by atoms with van der Waals surface area (Å²) in [5, 5.41) is 11.4. The molecule has 0 radical (unpaired) electrons. The Bertz CT molecular complexity index is 334. The zero-order chi connectivity index (χ0) is 9.84. The van der Waals surface area contributed by atoms with Crippen LogP contribution in [0.15, 0.2) is 6.20 Å². The molecular weight excluding hydrogens is 192 g/mol. The second-order valence-electron chi connectivity index (χ2n) is 2.33. The minimum Gasteiger partial charge on any atom is -0.474 e. The number of hydrogen-bond acceptors (Lipinski definition) is 4. The summed E-state index contributed by atoms with van der Waals surface area (Å²) in [7, 11) is 0. The molecule has 0 bridgehead atoms. The maximum absolute atomic E-state index is 10.6. The highest BCUT2D eigenvalue weighted by Gasteiger charge is 2.10. The third-order valence-electron chi connectivity index (χ3n) is 1.29. The third-order valence-corrected chi connectivity index (χ3v) is 2.20. The number of rotatable bonds is 2. The van der Waals surface area contributed by atoms with Gasteiger partial charge in [0, 0.05) is 11.1 Å². The van der Waals surface area contributed by atoms with Crippen molar-refractivity contribution >= 4 is 23.2 Å². The molecule has 2 N–H and O–H groups in total. The molecule has 0 unspecified atom stereocenters. The minimum absolute atomic E-state index is 0.219. The maximum Gasteiger partial charge on any atom is 0.394 e. The minimum atomic E-state index is -1.47. The van der Waals surface area contributed by atoms with Gasteiger partial charge in [-0.25, -0.2) is 9.78 Å². The van der Waals surface area contributed by atoms with E-state index in [0.717, 1.165) is 9.88 Å². The van der Waals surface area contributed by atoms with Crippen LogP contribution in [0, 0.1) is 6.92 Å². The van der Waals surface area contributed by atoms with Gasteiger partial charge in [-0.3, -0.25) is 4.79 Å². The highest BCUT2D eigenvalue weighted by molar-refractivity contribution is 7.11. The fourth-order valence-electron chi connectivity index (χ4n) is 0.730. The summed E-state index contributed by atoms with van der Waals surface area (Å²) in [6.07, 6.45) is 1.61. The molecule has 1 aromatic rings. The second-order valence-corrected chi connectivity index (χ2v) is 3.65. The molecule has 0 aliphatic heterocycles. The Morgan fingerprint density at radius 3 is 2.85 bits per heavy atom. The lowest BCUT2D eigenvalue weighted by Gasteiger charge is -1.96. The van der Waals surface area contributed by atoms with Crippen molar-refractivity contribution < 1.29 is 14.7 Å². The van der Waals surface area contributed by atoms with Gasteiger partial charge in [0.25, 0.3) is 0 Å². The number of nitrogens with zero attached hydrogens (tertiary/aromatic N) is 1. The largest absolute Gasteiger partial charge is 0.474 e. The first-order valence-corrected chi connectivity index (χ1v) is 4.33. The molecule has 0 fully saturated rings. The van der Waals surface area contributed by atoms with Gasteiger partial charge in [0.15, 0.2) is 0 Å². The zero-order valence-electron chi connectivity index (χ0n) is 6.90. The molecule has 70 valence electrons. The van der Waals surface area contributed by atoms with Crippen LogP contribution in [0.3, 0.4) is 0 Å². The van der Waals surface area contributed by atoms with E-state index in [1.807, 2.05) is 6.92 Å². The summed E-state index contributed by atoms with van der Waals surface area (Å²) < 4.78 is 0. The molecule has 0 aliphatic rings. The Labute approximate surface area is 78.4 Å². The highest BCUT2D eigenvalue weighted by Crippen LogP contribution is 2.10. The van der Waals surface area contributed by atoms with Gasteiger partial charge in [0.2, 0.25) is 0 Å². The molecule has 1 rings (SSSR count). The number of carbonyl (C=O) groups is 2. The van der Waals surface area contributed by atoms with E-state index in [9.17, 15) is 9.59 Å². The topological polar surface area (TPSA) is 79.3 Å². The highest BCUT2D eigenvalue weighted by atomic mass is 32.1. The summed E-state index contributed by atoms with van der Waals surface area (Å²) in [6.45, 7) is 2.06. The average Bonchev–Trinajstić information content (AvgIpc) is 2.47. The van der Waals surface area contributed by atoms with Crippen molar-refractivity contribution in [3.8, 4) is 0 Å². The van der Waals surface area contributed by atoms with Crippen LogP contribution in [0.5, 0.6) is 0 Å². The fraction of sp³-hybridized carbons (Fsp3) is 0.286. The Morgan fingerprint density at radius 2 is 2.38 bits per heavy atom. The first-order chi connectivity index (χ1) is 6.09. The van der Waals surface area contributed by atoms with E-state index < -0.39 is 11.9 Å². The smallest absolute Gasteiger partial charge is 0.394 e. The maximum atomic E-state index is 10.6. The predicted octanol–water partition coefficient (Wildman–Crippen LogP) is 0.152. The summed E-state index contributed by atoms with van der Waals surface area (Å²) in [5.41, 5.74) is 0. The van der Waals surface area contributed by atoms with Gasteiger partial charge in [0.1, 0.15) is 0 Å². The van der Waals surface area contributed by atoms with Gasteiger partial charge >= 0.3 is 11.9 Å². The lowest BCUT2D eigenvalue weighted by Crippen LogP contribution is -2.29. The van der Waals surface area contributed by atoms with Gasteiger partial charge in [-0.1, -0.05) is 0 Å². The molecule has 0 aromatic carbocycles. The number of thiazole rings is 1. The predicted molar refractivity (Wildman–Crippen MR) is 46.3 cm³/mol. The Hall–Kier alpha value is -1.43. The zero-order valence-corrected chi connectivity index (χ0v) is 7.72. The second kappa shape index (κ2) is 3.99. The molecule has 1 heterocycles. The molecule has 13 heavy (non-hydrogen) atoms. The number of hydrogen-bond donors (Lipinski definition) is 2. The summed E-state index contributed by atoms with van der Waals surface area (Å²) in [5.74, 6) is -2.47. The van der Waals surface area contributed by atoms with Gasteiger partial charge in [0.05, 0.1) is 11.6 Å². The monoisotopic (exact) mass is 200 g/mol. The summed E-state index contributed by atoms with van der Waals surface area (Å²) >= 11 is 1.42. The van der Waals surface area contributed by atoms with E-state index in [1.54, 1.807) is 6.20 Å². The van der Waals surface area contributed by atoms with Gasteiger partial charge < -0.3 is 10.4 Å². The number of aryl methyl sites for hydroxylation is 1. The van der Waals surface area contributed by atoms with Gasteiger partial charge in [-0.2, -0.15) is 0 Å². The molecule has 1 amide bonds. The van der Waals surface area contributed by atoms with E-state index >= 15 is 0 Å². The SMILES string of the molecule is Cc1ncc(CNC(=O)C(=O)O)s1. The third kappa shape index (κ3) is 2.83. The number of carbonyl (C=O) groups excluding carboxylic acids is 1. The molecule has 0 atom stereocenters. The van der Waals surface area contributed by atoms with Crippen LogP contribution in [-0.2, 0) is 16.1 Å². The fourth-order valence-corrected chi connectivity index (χ4v) is 1.46. The number of carboxylic acids is 1. The Kier molecular flexibility index (Phi) is 2.97. The van der Waals surface area contributed by atoms with Crippen LogP contribution in [-0.4, -0.2) is 22.0 Å². The van der Waals surface area contributed by atoms with Crippen LogP contribution in [0.2, 0.25) is 0 Å². The van der Waals surface area contributed by atoms with E-state index in [2.05, 4.69) is 10.3 Å².